The molecule has 0 spiro atoms. The molecular weight excluding hydrogens is 182 g/mol. The summed E-state index contributed by atoms with van der Waals surface area (Å²) in [5, 5.41) is 11.8. The summed E-state index contributed by atoms with van der Waals surface area (Å²) in [6.45, 7) is -0.0276. The van der Waals surface area contributed by atoms with Gasteiger partial charge in [-0.25, -0.2) is 4.98 Å². The van der Waals surface area contributed by atoms with Crippen molar-refractivity contribution in [3.63, 3.8) is 0 Å². The van der Waals surface area contributed by atoms with Gasteiger partial charge < -0.3 is 10.4 Å². The Bertz CT molecular complexity index is 371. The second-order valence-electron chi connectivity index (χ2n) is 3.48. The molecule has 1 aromatic heterocycles. The fourth-order valence-corrected chi connectivity index (χ4v) is 1.21. The van der Waals surface area contributed by atoms with Gasteiger partial charge in [-0.2, -0.15) is 0 Å². The van der Waals surface area contributed by atoms with E-state index < -0.39 is 0 Å². The largest absolute Gasteiger partial charge is 0.396 e. The van der Waals surface area contributed by atoms with Crippen molar-refractivity contribution in [3.05, 3.63) is 22.1 Å². The first-order chi connectivity index (χ1) is 6.79. The van der Waals surface area contributed by atoms with Gasteiger partial charge in [-0.1, -0.05) is 0 Å². The summed E-state index contributed by atoms with van der Waals surface area (Å²) in [6, 6.07) is 0.474. The molecule has 0 aromatic carbocycles. The minimum Gasteiger partial charge on any atom is -0.396 e. The first-order valence-electron chi connectivity index (χ1n) is 4.75. The highest BCUT2D eigenvalue weighted by atomic mass is 16.3. The zero-order valence-corrected chi connectivity index (χ0v) is 7.79. The SMILES string of the molecule is O=c1[nH]c(NC2CC2)ncc1CCO. The Hall–Kier alpha value is -1.36. The van der Waals surface area contributed by atoms with Crippen molar-refractivity contribution in [2.45, 2.75) is 25.3 Å². The average Bonchev–Trinajstić information content (AvgIpc) is 2.94. The van der Waals surface area contributed by atoms with Gasteiger partial charge in [0.05, 0.1) is 0 Å². The molecule has 3 N–H and O–H groups in total. The van der Waals surface area contributed by atoms with E-state index in [2.05, 4.69) is 15.3 Å². The van der Waals surface area contributed by atoms with Crippen LogP contribution in [0.1, 0.15) is 18.4 Å². The van der Waals surface area contributed by atoms with Crippen LogP contribution < -0.4 is 10.9 Å². The second-order valence-corrected chi connectivity index (χ2v) is 3.48. The Labute approximate surface area is 81.2 Å². The Balaban J connectivity index is 2.12. The molecule has 1 heterocycles. The van der Waals surface area contributed by atoms with Gasteiger partial charge in [0.25, 0.3) is 5.56 Å². The van der Waals surface area contributed by atoms with E-state index >= 15 is 0 Å². The maximum atomic E-state index is 11.4. The molecule has 1 aliphatic carbocycles. The van der Waals surface area contributed by atoms with Crippen LogP contribution in [0.3, 0.4) is 0 Å². The van der Waals surface area contributed by atoms with Gasteiger partial charge in [-0.15, -0.1) is 0 Å². The van der Waals surface area contributed by atoms with Crippen LogP contribution in [0.2, 0.25) is 0 Å². The van der Waals surface area contributed by atoms with Gasteiger partial charge in [-0.05, 0) is 12.8 Å². The molecule has 5 heteroatoms. The molecule has 14 heavy (non-hydrogen) atoms. The predicted molar refractivity (Wildman–Crippen MR) is 52.3 cm³/mol. The Kier molecular flexibility index (Phi) is 2.49. The van der Waals surface area contributed by atoms with Crippen molar-refractivity contribution >= 4 is 5.95 Å². The molecule has 1 aromatic rings. The number of nitrogens with zero attached hydrogens (tertiary/aromatic N) is 1. The lowest BCUT2D eigenvalue weighted by Crippen LogP contribution is -2.18. The van der Waals surface area contributed by atoms with Crippen molar-refractivity contribution in [1.29, 1.82) is 0 Å². The fraction of sp³-hybridized carbons (Fsp3) is 0.556. The highest BCUT2D eigenvalue weighted by Crippen LogP contribution is 2.22. The van der Waals surface area contributed by atoms with Crippen LogP contribution in [-0.2, 0) is 6.42 Å². The van der Waals surface area contributed by atoms with Crippen LogP contribution in [0, 0.1) is 0 Å². The molecule has 0 radical (unpaired) electrons. The summed E-state index contributed by atoms with van der Waals surface area (Å²) in [4.78, 5) is 18.1. The highest BCUT2D eigenvalue weighted by molar-refractivity contribution is 5.28. The van der Waals surface area contributed by atoms with Gasteiger partial charge >= 0.3 is 0 Å². The van der Waals surface area contributed by atoms with E-state index in [0.717, 1.165) is 12.8 Å². The predicted octanol–water partition coefficient (Wildman–Crippen LogP) is -0.121. The van der Waals surface area contributed by atoms with E-state index in [9.17, 15) is 4.79 Å². The highest BCUT2D eigenvalue weighted by Gasteiger charge is 2.21. The molecule has 0 unspecified atom stereocenters. The number of hydrogen-bond donors (Lipinski definition) is 3. The Morgan fingerprint density at radius 1 is 1.64 bits per heavy atom. The first-order valence-corrected chi connectivity index (χ1v) is 4.75. The van der Waals surface area contributed by atoms with Crippen molar-refractivity contribution in [3.8, 4) is 0 Å². The molecule has 0 atom stereocenters. The topological polar surface area (TPSA) is 78.0 Å². The number of rotatable bonds is 4. The smallest absolute Gasteiger partial charge is 0.255 e. The van der Waals surface area contributed by atoms with Gasteiger partial charge in [0, 0.05) is 30.8 Å². The van der Waals surface area contributed by atoms with Crippen molar-refractivity contribution < 1.29 is 5.11 Å². The number of H-pyrrole nitrogens is 1. The monoisotopic (exact) mass is 195 g/mol. The normalized spacial score (nSPS) is 15.5. The summed E-state index contributed by atoms with van der Waals surface area (Å²) in [5.41, 5.74) is 0.353. The molecule has 0 saturated heterocycles. The third-order valence-corrected chi connectivity index (χ3v) is 2.17. The van der Waals surface area contributed by atoms with Crippen LogP contribution in [-0.4, -0.2) is 27.7 Å². The van der Waals surface area contributed by atoms with E-state index in [1.54, 1.807) is 0 Å². The van der Waals surface area contributed by atoms with Crippen molar-refractivity contribution in [2.75, 3.05) is 11.9 Å². The molecule has 2 rings (SSSR count). The van der Waals surface area contributed by atoms with E-state index in [1.165, 1.54) is 6.20 Å². The van der Waals surface area contributed by atoms with Gasteiger partial charge in [0.15, 0.2) is 0 Å². The summed E-state index contributed by atoms with van der Waals surface area (Å²) >= 11 is 0. The van der Waals surface area contributed by atoms with Crippen LogP contribution in [0.25, 0.3) is 0 Å². The number of anilines is 1. The minimum atomic E-state index is -0.169. The Morgan fingerprint density at radius 2 is 2.43 bits per heavy atom. The number of aliphatic hydroxyl groups is 1. The maximum absolute atomic E-state index is 11.4. The zero-order valence-electron chi connectivity index (χ0n) is 7.79. The van der Waals surface area contributed by atoms with Crippen LogP contribution in [0.4, 0.5) is 5.95 Å². The first kappa shape index (κ1) is 9.21. The molecular formula is C9H13N3O2. The lowest BCUT2D eigenvalue weighted by atomic mass is 10.2. The number of aliphatic hydroxyl groups excluding tert-OH is 1. The number of aromatic nitrogens is 2. The molecule has 5 nitrogen and oxygen atoms in total. The molecule has 0 bridgehead atoms. The summed E-state index contributed by atoms with van der Waals surface area (Å²) in [5.74, 6) is 0.527. The lowest BCUT2D eigenvalue weighted by molar-refractivity contribution is 0.299. The van der Waals surface area contributed by atoms with E-state index in [1.807, 2.05) is 0 Å². The fourth-order valence-electron chi connectivity index (χ4n) is 1.21. The molecule has 0 amide bonds. The maximum Gasteiger partial charge on any atom is 0.255 e. The van der Waals surface area contributed by atoms with Gasteiger partial charge in [0.2, 0.25) is 5.95 Å². The van der Waals surface area contributed by atoms with E-state index in [4.69, 9.17) is 5.11 Å². The van der Waals surface area contributed by atoms with Crippen LogP contribution >= 0.6 is 0 Å². The van der Waals surface area contributed by atoms with Crippen LogP contribution in [0.5, 0.6) is 0 Å². The Morgan fingerprint density at radius 3 is 3.00 bits per heavy atom. The van der Waals surface area contributed by atoms with Crippen LogP contribution in [0.15, 0.2) is 11.0 Å². The molecule has 1 aliphatic rings. The average molecular weight is 195 g/mol. The number of hydrogen-bond acceptors (Lipinski definition) is 4. The van der Waals surface area contributed by atoms with E-state index in [-0.39, 0.29) is 12.2 Å². The standard InChI is InChI=1S/C9H13N3O2/c13-4-3-6-5-10-9(12-8(6)14)11-7-1-2-7/h5,7,13H,1-4H2,(H2,10,11,12,14). The third-order valence-electron chi connectivity index (χ3n) is 2.17. The molecule has 76 valence electrons. The summed E-state index contributed by atoms with van der Waals surface area (Å²) < 4.78 is 0. The minimum absolute atomic E-state index is 0.0276. The van der Waals surface area contributed by atoms with Crippen molar-refractivity contribution in [1.82, 2.24) is 9.97 Å². The summed E-state index contributed by atoms with van der Waals surface area (Å²) in [6.07, 6.45) is 4.15. The number of aromatic amines is 1. The zero-order chi connectivity index (χ0) is 9.97. The quantitative estimate of drug-likeness (QED) is 0.626. The van der Waals surface area contributed by atoms with Gasteiger partial charge in [0.1, 0.15) is 0 Å². The summed E-state index contributed by atoms with van der Waals surface area (Å²) in [7, 11) is 0. The van der Waals surface area contributed by atoms with Gasteiger partial charge in [-0.3, -0.25) is 9.78 Å². The molecule has 1 fully saturated rings. The number of nitrogens with one attached hydrogen (secondary N) is 2. The second kappa shape index (κ2) is 3.79. The third kappa shape index (κ3) is 2.11. The van der Waals surface area contributed by atoms with Crippen molar-refractivity contribution in [2.24, 2.45) is 0 Å². The molecule has 0 aliphatic heterocycles. The van der Waals surface area contributed by atoms with E-state index in [0.29, 0.717) is 24.0 Å². The molecule has 1 saturated carbocycles. The lowest BCUT2D eigenvalue weighted by Gasteiger charge is -2.03.